The number of aliphatic hydroxyl groups excluding tert-OH is 2. The van der Waals surface area contributed by atoms with Crippen LogP contribution in [0, 0.1) is 0 Å². The molecule has 1 amide bonds. The van der Waals surface area contributed by atoms with Crippen LogP contribution >= 0.6 is 0 Å². The SMILES string of the molecule is CCCCCCCCCCCCCCCC/C=C/[C@@H](O)[C@H](CO)NC(=O)CCCCCCCCCCCCCCCCCCCCCCCCC. The van der Waals surface area contributed by atoms with Crippen LogP contribution in [0.1, 0.15) is 264 Å². The Morgan fingerprint density at radius 3 is 1.02 bits per heavy atom. The Morgan fingerprint density at radius 1 is 0.451 bits per heavy atom. The fourth-order valence-electron chi connectivity index (χ4n) is 7.42. The lowest BCUT2D eigenvalue weighted by Gasteiger charge is -2.20. The third-order valence-corrected chi connectivity index (χ3v) is 11.0. The number of amides is 1. The Hall–Kier alpha value is -0.870. The Bertz CT molecular complexity index is 695. The predicted octanol–water partition coefficient (Wildman–Crippen LogP) is 14.6. The zero-order valence-electron chi connectivity index (χ0n) is 34.9. The number of allylic oxidation sites excluding steroid dienone is 1. The van der Waals surface area contributed by atoms with E-state index in [2.05, 4.69) is 19.2 Å². The van der Waals surface area contributed by atoms with Crippen molar-refractivity contribution < 1.29 is 15.0 Å². The predicted molar refractivity (Wildman–Crippen MR) is 226 cm³/mol. The minimum atomic E-state index is -0.833. The van der Waals surface area contributed by atoms with E-state index in [-0.39, 0.29) is 12.5 Å². The summed E-state index contributed by atoms with van der Waals surface area (Å²) >= 11 is 0. The van der Waals surface area contributed by atoms with Crippen LogP contribution in [0.4, 0.5) is 0 Å². The van der Waals surface area contributed by atoms with E-state index in [9.17, 15) is 15.0 Å². The monoisotopic (exact) mass is 720 g/mol. The van der Waals surface area contributed by atoms with Gasteiger partial charge in [0.25, 0.3) is 0 Å². The second kappa shape index (κ2) is 43.5. The molecule has 4 heteroatoms. The molecule has 0 aliphatic carbocycles. The van der Waals surface area contributed by atoms with Crippen LogP contribution in [0.2, 0.25) is 0 Å². The van der Waals surface area contributed by atoms with Crippen molar-refractivity contribution in [3.05, 3.63) is 12.2 Å². The van der Waals surface area contributed by atoms with Crippen LogP contribution in [0.5, 0.6) is 0 Å². The van der Waals surface area contributed by atoms with Gasteiger partial charge in [-0.2, -0.15) is 0 Å². The fourth-order valence-corrected chi connectivity index (χ4v) is 7.42. The molecule has 51 heavy (non-hydrogen) atoms. The van der Waals surface area contributed by atoms with E-state index in [1.807, 2.05) is 6.08 Å². The van der Waals surface area contributed by atoms with Gasteiger partial charge in [-0.25, -0.2) is 0 Å². The number of hydrogen-bond donors (Lipinski definition) is 3. The molecule has 0 fully saturated rings. The van der Waals surface area contributed by atoms with E-state index < -0.39 is 12.1 Å². The molecule has 0 bridgehead atoms. The summed E-state index contributed by atoms with van der Waals surface area (Å²) in [5.74, 6) is -0.0584. The summed E-state index contributed by atoms with van der Waals surface area (Å²) in [6, 6.07) is -0.616. The molecule has 0 aromatic carbocycles. The second-order valence-electron chi connectivity index (χ2n) is 16.2. The molecule has 0 aromatic heterocycles. The maximum absolute atomic E-state index is 12.4. The number of carbonyl (C=O) groups is 1. The van der Waals surface area contributed by atoms with Crippen LogP contribution in [0.3, 0.4) is 0 Å². The van der Waals surface area contributed by atoms with Gasteiger partial charge in [-0.3, -0.25) is 4.79 Å². The van der Waals surface area contributed by atoms with Gasteiger partial charge in [-0.15, -0.1) is 0 Å². The largest absolute Gasteiger partial charge is 0.394 e. The van der Waals surface area contributed by atoms with Crippen LogP contribution in [-0.4, -0.2) is 34.9 Å². The minimum Gasteiger partial charge on any atom is -0.394 e. The van der Waals surface area contributed by atoms with Crippen LogP contribution in [0.15, 0.2) is 12.2 Å². The Kier molecular flexibility index (Phi) is 42.8. The molecule has 0 spiro atoms. The molecule has 0 unspecified atom stereocenters. The first-order valence-electron chi connectivity index (χ1n) is 23.4. The molecule has 0 heterocycles. The molecule has 2 atom stereocenters. The van der Waals surface area contributed by atoms with Gasteiger partial charge in [0.2, 0.25) is 5.91 Å². The van der Waals surface area contributed by atoms with Crippen LogP contribution in [-0.2, 0) is 4.79 Å². The summed E-state index contributed by atoms with van der Waals surface area (Å²) in [6.45, 7) is 4.33. The van der Waals surface area contributed by atoms with Gasteiger partial charge < -0.3 is 15.5 Å². The molecule has 0 aliphatic heterocycles. The molecular weight excluding hydrogens is 627 g/mol. The lowest BCUT2D eigenvalue weighted by molar-refractivity contribution is -0.123. The third kappa shape index (κ3) is 40.2. The van der Waals surface area contributed by atoms with Crippen molar-refractivity contribution in [2.45, 2.75) is 276 Å². The maximum atomic E-state index is 12.4. The summed E-state index contributed by atoms with van der Waals surface area (Å²) in [5.41, 5.74) is 0. The van der Waals surface area contributed by atoms with Crippen molar-refractivity contribution in [1.82, 2.24) is 5.32 Å². The quantitative estimate of drug-likeness (QED) is 0.0434. The highest BCUT2D eigenvalue weighted by molar-refractivity contribution is 5.76. The first kappa shape index (κ1) is 50.1. The molecule has 0 rings (SSSR count). The molecule has 3 N–H and O–H groups in total. The van der Waals surface area contributed by atoms with Crippen LogP contribution < -0.4 is 5.32 Å². The Labute approximate surface area is 320 Å². The highest BCUT2D eigenvalue weighted by Gasteiger charge is 2.18. The van der Waals surface area contributed by atoms with Gasteiger partial charge in [0.1, 0.15) is 0 Å². The van der Waals surface area contributed by atoms with Gasteiger partial charge in [0, 0.05) is 6.42 Å². The van der Waals surface area contributed by atoms with Crippen molar-refractivity contribution in [2.75, 3.05) is 6.61 Å². The number of rotatable bonds is 43. The summed E-state index contributed by atoms with van der Waals surface area (Å²) in [5, 5.41) is 23.0. The first-order valence-corrected chi connectivity index (χ1v) is 23.4. The van der Waals surface area contributed by atoms with Gasteiger partial charge >= 0.3 is 0 Å². The van der Waals surface area contributed by atoms with E-state index in [1.165, 1.54) is 218 Å². The summed E-state index contributed by atoms with van der Waals surface area (Å²) in [4.78, 5) is 12.4. The summed E-state index contributed by atoms with van der Waals surface area (Å²) in [7, 11) is 0. The average molecular weight is 720 g/mol. The second-order valence-corrected chi connectivity index (χ2v) is 16.2. The highest BCUT2D eigenvalue weighted by Crippen LogP contribution is 2.17. The lowest BCUT2D eigenvalue weighted by Crippen LogP contribution is -2.45. The molecule has 0 radical (unpaired) electrons. The lowest BCUT2D eigenvalue weighted by atomic mass is 10.0. The van der Waals surface area contributed by atoms with Crippen molar-refractivity contribution >= 4 is 5.91 Å². The van der Waals surface area contributed by atoms with E-state index in [1.54, 1.807) is 6.08 Å². The zero-order chi connectivity index (χ0) is 37.1. The number of carbonyl (C=O) groups excluding carboxylic acids is 1. The standard InChI is InChI=1S/C47H93NO3/c1-3-5-7-9-11-13-15-17-19-21-22-23-24-25-26-27-29-31-33-35-37-39-41-43-47(51)48-45(44-49)46(50)42-40-38-36-34-32-30-28-20-18-16-14-12-10-8-6-4-2/h40,42,45-46,49-50H,3-39,41,43-44H2,1-2H3,(H,48,51)/b42-40+/t45-,46+/m0/s1. The molecular formula is C47H93NO3. The number of nitrogens with one attached hydrogen (secondary N) is 1. The minimum absolute atomic E-state index is 0.0584. The van der Waals surface area contributed by atoms with E-state index in [0.717, 1.165) is 25.7 Å². The first-order chi connectivity index (χ1) is 25.2. The molecule has 0 saturated heterocycles. The Morgan fingerprint density at radius 2 is 0.725 bits per heavy atom. The van der Waals surface area contributed by atoms with Crippen molar-refractivity contribution in [2.24, 2.45) is 0 Å². The molecule has 4 nitrogen and oxygen atoms in total. The number of hydrogen-bond acceptors (Lipinski definition) is 3. The topological polar surface area (TPSA) is 69.6 Å². The molecule has 0 saturated carbocycles. The van der Waals surface area contributed by atoms with Gasteiger partial charge in [-0.1, -0.05) is 251 Å². The molecule has 0 aliphatic rings. The highest BCUT2D eigenvalue weighted by atomic mass is 16.3. The summed E-state index contributed by atoms with van der Waals surface area (Å²) < 4.78 is 0. The van der Waals surface area contributed by atoms with Crippen molar-refractivity contribution in [3.63, 3.8) is 0 Å². The summed E-state index contributed by atoms with van der Waals surface area (Å²) in [6.07, 6.45) is 54.7. The maximum Gasteiger partial charge on any atom is 0.220 e. The smallest absolute Gasteiger partial charge is 0.220 e. The normalized spacial score (nSPS) is 12.9. The van der Waals surface area contributed by atoms with Gasteiger partial charge in [-0.05, 0) is 19.3 Å². The van der Waals surface area contributed by atoms with Gasteiger partial charge in [0.15, 0.2) is 0 Å². The zero-order valence-corrected chi connectivity index (χ0v) is 34.9. The van der Waals surface area contributed by atoms with Crippen molar-refractivity contribution in [1.29, 1.82) is 0 Å². The third-order valence-electron chi connectivity index (χ3n) is 11.0. The number of unbranched alkanes of at least 4 members (excludes halogenated alkanes) is 36. The molecule has 0 aromatic rings. The van der Waals surface area contributed by atoms with Crippen LogP contribution in [0.25, 0.3) is 0 Å². The van der Waals surface area contributed by atoms with E-state index >= 15 is 0 Å². The van der Waals surface area contributed by atoms with Crippen molar-refractivity contribution in [3.8, 4) is 0 Å². The van der Waals surface area contributed by atoms with Gasteiger partial charge in [0.05, 0.1) is 18.8 Å². The Balaban J connectivity index is 3.49. The average Bonchev–Trinajstić information content (AvgIpc) is 3.13. The number of aliphatic hydroxyl groups is 2. The van der Waals surface area contributed by atoms with E-state index in [4.69, 9.17) is 0 Å². The fraction of sp³-hybridized carbons (Fsp3) is 0.936. The molecule has 304 valence electrons. The van der Waals surface area contributed by atoms with E-state index in [0.29, 0.717) is 6.42 Å².